The lowest BCUT2D eigenvalue weighted by Gasteiger charge is -2.20. The normalized spacial score (nSPS) is 10.7. The fourth-order valence-corrected chi connectivity index (χ4v) is 1.75. The van der Waals surface area contributed by atoms with E-state index in [2.05, 4.69) is 4.74 Å². The van der Waals surface area contributed by atoms with Crippen LogP contribution < -0.4 is 0 Å². The molecule has 0 saturated carbocycles. The van der Waals surface area contributed by atoms with E-state index in [1.165, 1.54) is 13.2 Å². The van der Waals surface area contributed by atoms with Crippen molar-refractivity contribution in [2.24, 2.45) is 0 Å². The Labute approximate surface area is 111 Å². The van der Waals surface area contributed by atoms with Gasteiger partial charge in [-0.25, -0.2) is 4.39 Å². The van der Waals surface area contributed by atoms with Gasteiger partial charge in [-0.05, 0) is 18.7 Å². The highest BCUT2D eigenvalue weighted by atomic mass is 35.5. The van der Waals surface area contributed by atoms with Gasteiger partial charge in [-0.15, -0.1) is 0 Å². The van der Waals surface area contributed by atoms with Gasteiger partial charge in [0.25, 0.3) is 0 Å². The molecule has 0 aliphatic heterocycles. The SMILES string of the molecule is CCN(CCC(=O)OC)Cc1ccc(Cl)cc1F. The smallest absolute Gasteiger partial charge is 0.306 e. The van der Waals surface area contributed by atoms with Gasteiger partial charge in [-0.2, -0.15) is 0 Å². The predicted molar refractivity (Wildman–Crippen MR) is 69.0 cm³/mol. The van der Waals surface area contributed by atoms with Gasteiger partial charge < -0.3 is 4.74 Å². The summed E-state index contributed by atoms with van der Waals surface area (Å²) in [5, 5.41) is 0.383. The number of rotatable bonds is 6. The zero-order chi connectivity index (χ0) is 13.5. The van der Waals surface area contributed by atoms with E-state index in [-0.39, 0.29) is 11.8 Å². The fraction of sp³-hybridized carbons (Fsp3) is 0.462. The second kappa shape index (κ2) is 7.34. The number of esters is 1. The van der Waals surface area contributed by atoms with Crippen molar-refractivity contribution in [3.05, 3.63) is 34.6 Å². The average Bonchev–Trinajstić information content (AvgIpc) is 2.36. The molecule has 18 heavy (non-hydrogen) atoms. The minimum absolute atomic E-state index is 0.259. The van der Waals surface area contributed by atoms with Crippen LogP contribution in [0, 0.1) is 5.82 Å². The van der Waals surface area contributed by atoms with Gasteiger partial charge in [0.1, 0.15) is 5.82 Å². The van der Waals surface area contributed by atoms with Crippen LogP contribution in [0.15, 0.2) is 18.2 Å². The molecule has 0 N–H and O–H groups in total. The highest BCUT2D eigenvalue weighted by molar-refractivity contribution is 6.30. The second-order valence-corrected chi connectivity index (χ2v) is 4.37. The Hall–Kier alpha value is -1.13. The average molecular weight is 274 g/mol. The molecular weight excluding hydrogens is 257 g/mol. The lowest BCUT2D eigenvalue weighted by atomic mass is 10.2. The van der Waals surface area contributed by atoms with E-state index in [4.69, 9.17) is 11.6 Å². The van der Waals surface area contributed by atoms with Crippen LogP contribution in [0.25, 0.3) is 0 Å². The van der Waals surface area contributed by atoms with Crippen molar-refractivity contribution in [1.29, 1.82) is 0 Å². The Bertz CT molecular complexity index is 412. The summed E-state index contributed by atoms with van der Waals surface area (Å²) in [6, 6.07) is 4.62. The van der Waals surface area contributed by atoms with Crippen molar-refractivity contribution in [2.75, 3.05) is 20.2 Å². The number of nitrogens with zero attached hydrogens (tertiary/aromatic N) is 1. The number of carbonyl (C=O) groups excluding carboxylic acids is 1. The van der Waals surface area contributed by atoms with Crippen LogP contribution >= 0.6 is 11.6 Å². The number of methoxy groups -OCH3 is 1. The molecule has 1 aromatic carbocycles. The first kappa shape index (κ1) is 14.9. The predicted octanol–water partition coefficient (Wildman–Crippen LogP) is 2.86. The summed E-state index contributed by atoms with van der Waals surface area (Å²) in [6.45, 7) is 3.70. The molecule has 0 aliphatic rings. The molecule has 0 spiro atoms. The molecule has 0 fully saturated rings. The van der Waals surface area contributed by atoms with Crippen molar-refractivity contribution >= 4 is 17.6 Å². The third-order valence-electron chi connectivity index (χ3n) is 2.72. The van der Waals surface area contributed by atoms with E-state index in [1.807, 2.05) is 11.8 Å². The van der Waals surface area contributed by atoms with Crippen LogP contribution in [0.1, 0.15) is 18.9 Å². The summed E-state index contributed by atoms with van der Waals surface area (Å²) >= 11 is 5.69. The number of carbonyl (C=O) groups is 1. The van der Waals surface area contributed by atoms with Gasteiger partial charge in [-0.1, -0.05) is 24.6 Å². The largest absolute Gasteiger partial charge is 0.469 e. The maximum Gasteiger partial charge on any atom is 0.306 e. The molecule has 3 nitrogen and oxygen atoms in total. The number of hydrogen-bond acceptors (Lipinski definition) is 3. The monoisotopic (exact) mass is 273 g/mol. The van der Waals surface area contributed by atoms with Crippen molar-refractivity contribution in [1.82, 2.24) is 4.90 Å². The molecule has 5 heteroatoms. The van der Waals surface area contributed by atoms with Crippen LogP contribution in [-0.2, 0) is 16.1 Å². The summed E-state index contributed by atoms with van der Waals surface area (Å²) in [6.07, 6.45) is 0.305. The van der Waals surface area contributed by atoms with Crippen LogP contribution in [0.4, 0.5) is 4.39 Å². The van der Waals surface area contributed by atoms with Crippen LogP contribution in [0.3, 0.4) is 0 Å². The van der Waals surface area contributed by atoms with Gasteiger partial charge in [0.05, 0.1) is 13.5 Å². The minimum atomic E-state index is -0.320. The van der Waals surface area contributed by atoms with Crippen LogP contribution in [0.2, 0.25) is 5.02 Å². The van der Waals surface area contributed by atoms with Crippen molar-refractivity contribution < 1.29 is 13.9 Å². The standard InChI is InChI=1S/C13H17ClFNO2/c1-3-16(7-6-13(17)18-2)9-10-4-5-11(14)8-12(10)15/h4-5,8H,3,6-7,9H2,1-2H3. The second-order valence-electron chi connectivity index (χ2n) is 3.93. The van der Waals surface area contributed by atoms with Gasteiger partial charge in [0.2, 0.25) is 0 Å². The molecule has 1 aromatic rings. The molecule has 0 saturated heterocycles. The topological polar surface area (TPSA) is 29.5 Å². The molecule has 0 unspecified atom stereocenters. The summed E-state index contributed by atoms with van der Waals surface area (Å²) in [4.78, 5) is 13.0. The third kappa shape index (κ3) is 4.63. The van der Waals surface area contributed by atoms with E-state index in [0.717, 1.165) is 6.54 Å². The first-order valence-electron chi connectivity index (χ1n) is 5.80. The van der Waals surface area contributed by atoms with Gasteiger partial charge in [0.15, 0.2) is 0 Å². The number of benzene rings is 1. The number of hydrogen-bond donors (Lipinski definition) is 0. The van der Waals surface area contributed by atoms with Crippen molar-refractivity contribution in [2.45, 2.75) is 19.9 Å². The van der Waals surface area contributed by atoms with Gasteiger partial charge in [-0.3, -0.25) is 9.69 Å². The Morgan fingerprint density at radius 3 is 2.78 bits per heavy atom. The maximum atomic E-state index is 13.6. The Morgan fingerprint density at radius 1 is 1.50 bits per heavy atom. The highest BCUT2D eigenvalue weighted by Crippen LogP contribution is 2.16. The summed E-state index contributed by atoms with van der Waals surface area (Å²) < 4.78 is 18.2. The van der Waals surface area contributed by atoms with E-state index in [1.54, 1.807) is 12.1 Å². The zero-order valence-electron chi connectivity index (χ0n) is 10.6. The molecule has 0 aliphatic carbocycles. The molecule has 0 heterocycles. The molecule has 0 amide bonds. The number of halogens is 2. The van der Waals surface area contributed by atoms with Gasteiger partial charge in [0, 0.05) is 23.7 Å². The quantitative estimate of drug-likeness (QED) is 0.747. The lowest BCUT2D eigenvalue weighted by molar-refractivity contribution is -0.141. The first-order chi connectivity index (χ1) is 8.56. The Kier molecular flexibility index (Phi) is 6.09. The van der Waals surface area contributed by atoms with Crippen molar-refractivity contribution in [3.8, 4) is 0 Å². The van der Waals surface area contributed by atoms with Gasteiger partial charge >= 0.3 is 5.97 Å². The van der Waals surface area contributed by atoms with E-state index < -0.39 is 0 Å². The molecule has 100 valence electrons. The fourth-order valence-electron chi connectivity index (χ4n) is 1.59. The van der Waals surface area contributed by atoms with Crippen LogP contribution in [0.5, 0.6) is 0 Å². The van der Waals surface area contributed by atoms with Crippen molar-refractivity contribution in [3.63, 3.8) is 0 Å². The van der Waals surface area contributed by atoms with E-state index in [0.29, 0.717) is 30.1 Å². The molecule has 1 rings (SSSR count). The van der Waals surface area contributed by atoms with E-state index >= 15 is 0 Å². The molecule has 0 aromatic heterocycles. The summed E-state index contributed by atoms with van der Waals surface area (Å²) in [5.74, 6) is -0.580. The Morgan fingerprint density at radius 2 is 2.22 bits per heavy atom. The molecule has 0 atom stereocenters. The Balaban J connectivity index is 2.59. The first-order valence-corrected chi connectivity index (χ1v) is 6.17. The molecular formula is C13H17ClFNO2. The molecule has 0 radical (unpaired) electrons. The van der Waals surface area contributed by atoms with Crippen LogP contribution in [-0.4, -0.2) is 31.1 Å². The zero-order valence-corrected chi connectivity index (χ0v) is 11.3. The lowest BCUT2D eigenvalue weighted by Crippen LogP contribution is -2.26. The summed E-state index contributed by atoms with van der Waals surface area (Å²) in [7, 11) is 1.36. The molecule has 0 bridgehead atoms. The minimum Gasteiger partial charge on any atom is -0.469 e. The highest BCUT2D eigenvalue weighted by Gasteiger charge is 2.10. The number of ether oxygens (including phenoxy) is 1. The summed E-state index contributed by atoms with van der Waals surface area (Å²) in [5.41, 5.74) is 0.575. The maximum absolute atomic E-state index is 13.6. The van der Waals surface area contributed by atoms with E-state index in [9.17, 15) is 9.18 Å². The third-order valence-corrected chi connectivity index (χ3v) is 2.95.